The second-order valence-corrected chi connectivity index (χ2v) is 8.53. The van der Waals surface area contributed by atoms with Gasteiger partial charge in [-0.3, -0.25) is 0 Å². The van der Waals surface area contributed by atoms with Gasteiger partial charge in [-0.1, -0.05) is 32.6 Å². The van der Waals surface area contributed by atoms with Crippen molar-refractivity contribution >= 4 is 18.1 Å². The highest BCUT2D eigenvalue weighted by molar-refractivity contribution is 8.12. The number of rotatable bonds is 5. The number of nitrogens with zero attached hydrogens (tertiary/aromatic N) is 1. The molecule has 2 nitrogen and oxygen atoms in total. The Bertz CT molecular complexity index is 234. The molecule has 0 radical (unpaired) electrons. The van der Waals surface area contributed by atoms with Gasteiger partial charge in [-0.05, 0) is 19.0 Å². The van der Waals surface area contributed by atoms with Gasteiger partial charge in [-0.25, -0.2) is 0 Å². The number of hydrogen-bond acceptors (Lipinski definition) is 3. The van der Waals surface area contributed by atoms with Gasteiger partial charge in [0, 0.05) is 0 Å². The molecule has 0 N–H and O–H groups in total. The van der Waals surface area contributed by atoms with Gasteiger partial charge in [0.25, 0.3) is 0 Å². The molecule has 4 heteroatoms. The molecule has 0 aliphatic heterocycles. The third kappa shape index (κ3) is 4.76. The molecule has 0 saturated heterocycles. The molecule has 0 amide bonds. The summed E-state index contributed by atoms with van der Waals surface area (Å²) in [5.74, 6) is 0.485. The van der Waals surface area contributed by atoms with Crippen LogP contribution in [0, 0.1) is 17.2 Å². The molecule has 0 spiro atoms. The third-order valence-electron chi connectivity index (χ3n) is 1.77. The second kappa shape index (κ2) is 5.75. The lowest BCUT2D eigenvalue weighted by Gasteiger charge is -2.22. The highest BCUT2D eigenvalue weighted by Gasteiger charge is 2.22. The van der Waals surface area contributed by atoms with Gasteiger partial charge < -0.3 is 4.52 Å². The van der Waals surface area contributed by atoms with E-state index in [1.165, 1.54) is 0 Å². The van der Waals surface area contributed by atoms with Crippen LogP contribution >= 0.6 is 6.26 Å². The Morgan fingerprint density at radius 1 is 1.54 bits per heavy atom. The Morgan fingerprint density at radius 2 is 2.08 bits per heavy atom. The summed E-state index contributed by atoms with van der Waals surface area (Å²) in [7, 11) is 0. The van der Waals surface area contributed by atoms with E-state index in [1.807, 2.05) is 13.6 Å². The quantitative estimate of drug-likeness (QED) is 0.666. The van der Waals surface area contributed by atoms with Gasteiger partial charge in [0.15, 0.2) is 0 Å². The van der Waals surface area contributed by atoms with Crippen LogP contribution in [-0.4, -0.2) is 18.9 Å². The zero-order chi connectivity index (χ0) is 10.5. The summed E-state index contributed by atoms with van der Waals surface area (Å²) < 4.78 is 5.64. The lowest BCUT2D eigenvalue weighted by Crippen LogP contribution is -2.09. The van der Waals surface area contributed by atoms with Crippen LogP contribution in [0.5, 0.6) is 0 Å². The molecule has 0 unspecified atom stereocenters. The average molecular weight is 219 g/mol. The van der Waals surface area contributed by atoms with Crippen molar-refractivity contribution in [3.8, 4) is 6.07 Å². The van der Waals surface area contributed by atoms with Crippen molar-refractivity contribution in [2.45, 2.75) is 32.9 Å². The summed E-state index contributed by atoms with van der Waals surface area (Å²) in [6.07, 6.45) is -1.09. The smallest absolute Gasteiger partial charge is 0.0971 e. The summed E-state index contributed by atoms with van der Waals surface area (Å²) in [5.41, 5.74) is -0.0822. The van der Waals surface area contributed by atoms with E-state index in [0.717, 1.165) is 6.42 Å². The van der Waals surface area contributed by atoms with Crippen molar-refractivity contribution in [3.05, 3.63) is 0 Å². The highest BCUT2D eigenvalue weighted by atomic mass is 32.4. The van der Waals surface area contributed by atoms with Crippen molar-refractivity contribution in [1.29, 1.82) is 5.26 Å². The molecule has 2 atom stereocenters. The molecule has 0 saturated carbocycles. The minimum absolute atomic E-state index is 0.0822. The SMILES string of the molecule is CC[C@@H](C#N)[P@@](C)(=S)OCC(C)C. The maximum atomic E-state index is 8.86. The Morgan fingerprint density at radius 3 is 2.38 bits per heavy atom. The first-order chi connectivity index (χ1) is 5.94. The highest BCUT2D eigenvalue weighted by Crippen LogP contribution is 2.49. The predicted octanol–water partition coefficient (Wildman–Crippen LogP) is 2.99. The minimum atomic E-state index is -1.88. The average Bonchev–Trinajstić information content (AvgIpc) is 2.03. The molecule has 0 aliphatic carbocycles. The normalized spacial score (nSPS) is 17.8. The summed E-state index contributed by atoms with van der Waals surface area (Å²) in [5, 5.41) is 8.86. The van der Waals surface area contributed by atoms with E-state index >= 15 is 0 Å². The van der Waals surface area contributed by atoms with E-state index in [1.54, 1.807) is 0 Å². The molecule has 76 valence electrons. The Hall–Kier alpha value is 0.100. The molecular formula is C9H18NOPS. The molecule has 13 heavy (non-hydrogen) atoms. The van der Waals surface area contributed by atoms with E-state index in [2.05, 4.69) is 19.9 Å². The van der Waals surface area contributed by atoms with Crippen LogP contribution in [0.25, 0.3) is 0 Å². The maximum Gasteiger partial charge on any atom is 0.0971 e. The van der Waals surface area contributed by atoms with Crippen LogP contribution in [0.4, 0.5) is 0 Å². The van der Waals surface area contributed by atoms with Crippen LogP contribution in [0.2, 0.25) is 0 Å². The largest absolute Gasteiger partial charge is 0.349 e. The molecular weight excluding hydrogens is 201 g/mol. The third-order valence-corrected chi connectivity index (χ3v) is 5.12. The molecule has 0 aromatic heterocycles. The molecule has 0 aromatic rings. The zero-order valence-electron chi connectivity index (χ0n) is 8.78. The number of nitriles is 1. The molecule has 0 aliphatic rings. The van der Waals surface area contributed by atoms with E-state index in [4.69, 9.17) is 21.6 Å². The van der Waals surface area contributed by atoms with Gasteiger partial charge in [0.2, 0.25) is 0 Å². The Labute approximate surface area is 86.4 Å². The van der Waals surface area contributed by atoms with E-state index in [9.17, 15) is 0 Å². The lowest BCUT2D eigenvalue weighted by atomic mass is 10.2. The first-order valence-corrected chi connectivity index (χ1v) is 7.79. The first kappa shape index (κ1) is 13.1. The molecule has 0 bridgehead atoms. The lowest BCUT2D eigenvalue weighted by molar-refractivity contribution is 0.296. The van der Waals surface area contributed by atoms with Crippen molar-refractivity contribution in [2.24, 2.45) is 5.92 Å². The van der Waals surface area contributed by atoms with E-state index < -0.39 is 6.26 Å². The monoisotopic (exact) mass is 219 g/mol. The van der Waals surface area contributed by atoms with Gasteiger partial charge in [-0.15, -0.1) is 0 Å². The fourth-order valence-electron chi connectivity index (χ4n) is 0.915. The molecule has 0 aromatic carbocycles. The molecule has 0 fully saturated rings. The number of hydrogen-bond donors (Lipinski definition) is 0. The van der Waals surface area contributed by atoms with Gasteiger partial charge in [0.05, 0.1) is 24.6 Å². The minimum Gasteiger partial charge on any atom is -0.349 e. The molecule has 0 heterocycles. The zero-order valence-corrected chi connectivity index (χ0v) is 10.5. The topological polar surface area (TPSA) is 33.0 Å². The Kier molecular flexibility index (Phi) is 5.80. The maximum absolute atomic E-state index is 8.86. The fraction of sp³-hybridized carbons (Fsp3) is 0.889. The predicted molar refractivity (Wildman–Crippen MR) is 60.7 cm³/mol. The van der Waals surface area contributed by atoms with Crippen molar-refractivity contribution in [2.75, 3.05) is 13.3 Å². The first-order valence-electron chi connectivity index (χ1n) is 4.55. The van der Waals surface area contributed by atoms with E-state index in [-0.39, 0.29) is 5.66 Å². The summed E-state index contributed by atoms with van der Waals surface area (Å²) in [6, 6.07) is 2.24. The fourth-order valence-corrected chi connectivity index (χ4v) is 3.33. The van der Waals surface area contributed by atoms with Crippen LogP contribution in [0.1, 0.15) is 27.2 Å². The summed E-state index contributed by atoms with van der Waals surface area (Å²) >= 11 is 5.35. The van der Waals surface area contributed by atoms with Crippen LogP contribution < -0.4 is 0 Å². The van der Waals surface area contributed by atoms with E-state index in [0.29, 0.717) is 12.5 Å². The van der Waals surface area contributed by atoms with Crippen LogP contribution in [0.3, 0.4) is 0 Å². The van der Waals surface area contributed by atoms with Gasteiger partial charge in [0.1, 0.15) is 0 Å². The Balaban J connectivity index is 4.23. The van der Waals surface area contributed by atoms with Gasteiger partial charge in [-0.2, -0.15) is 5.26 Å². The van der Waals surface area contributed by atoms with Crippen LogP contribution in [0.15, 0.2) is 0 Å². The van der Waals surface area contributed by atoms with Crippen molar-refractivity contribution in [3.63, 3.8) is 0 Å². The van der Waals surface area contributed by atoms with Crippen molar-refractivity contribution in [1.82, 2.24) is 0 Å². The summed E-state index contributed by atoms with van der Waals surface area (Å²) in [6.45, 7) is 8.75. The summed E-state index contributed by atoms with van der Waals surface area (Å²) in [4.78, 5) is 0. The van der Waals surface area contributed by atoms with Crippen molar-refractivity contribution < 1.29 is 4.52 Å². The molecule has 0 rings (SSSR count). The second-order valence-electron chi connectivity index (χ2n) is 3.65. The standard InChI is InChI=1S/C9H18NOPS/c1-5-9(6-10)12(4,13)11-7-8(2)3/h8-9H,5,7H2,1-4H3/t9-,12+/m0/s1. The van der Waals surface area contributed by atoms with Gasteiger partial charge >= 0.3 is 0 Å². The van der Waals surface area contributed by atoms with Crippen LogP contribution in [-0.2, 0) is 16.3 Å².